The second-order valence-electron chi connectivity index (χ2n) is 7.15. The molecule has 4 aromatic rings. The Hall–Kier alpha value is -3.09. The number of benzene rings is 1. The van der Waals surface area contributed by atoms with Gasteiger partial charge in [0.15, 0.2) is 0 Å². The van der Waals surface area contributed by atoms with Crippen molar-refractivity contribution in [2.75, 3.05) is 18.0 Å². The van der Waals surface area contributed by atoms with E-state index in [4.69, 9.17) is 4.74 Å². The lowest BCUT2D eigenvalue weighted by molar-refractivity contribution is 0.173. The maximum atomic E-state index is 6.38. The Kier molecular flexibility index (Phi) is 3.74. The van der Waals surface area contributed by atoms with Gasteiger partial charge in [-0.15, -0.1) is 0 Å². The molecule has 4 heterocycles. The Morgan fingerprint density at radius 1 is 1.15 bits per heavy atom. The van der Waals surface area contributed by atoms with Crippen molar-refractivity contribution in [3.8, 4) is 5.75 Å². The van der Waals surface area contributed by atoms with Crippen molar-refractivity contribution in [1.82, 2.24) is 24.1 Å². The average Bonchev–Trinajstić information content (AvgIpc) is 3.29. The SMILES string of the molecule is Cc1cc(N2CCC(Oc3cccc4c3ccn4C)CC2)n2ncnc2n1. The normalized spacial score (nSPS) is 15.7. The van der Waals surface area contributed by atoms with Crippen molar-refractivity contribution in [3.63, 3.8) is 0 Å². The minimum atomic E-state index is 0.223. The Morgan fingerprint density at radius 3 is 2.85 bits per heavy atom. The third kappa shape index (κ3) is 2.79. The van der Waals surface area contributed by atoms with Crippen LogP contribution in [-0.2, 0) is 7.05 Å². The van der Waals surface area contributed by atoms with Crippen LogP contribution >= 0.6 is 0 Å². The van der Waals surface area contributed by atoms with Crippen molar-refractivity contribution >= 4 is 22.5 Å². The highest BCUT2D eigenvalue weighted by molar-refractivity contribution is 5.86. The maximum Gasteiger partial charge on any atom is 0.254 e. The van der Waals surface area contributed by atoms with Crippen molar-refractivity contribution < 1.29 is 4.74 Å². The number of hydrogen-bond donors (Lipinski definition) is 0. The number of ether oxygens (including phenoxy) is 1. The molecular formula is C20H22N6O. The van der Waals surface area contributed by atoms with Crippen LogP contribution in [0.15, 0.2) is 42.9 Å². The highest BCUT2D eigenvalue weighted by atomic mass is 16.5. The number of aromatic nitrogens is 5. The number of hydrogen-bond acceptors (Lipinski definition) is 5. The molecule has 1 aliphatic heterocycles. The van der Waals surface area contributed by atoms with Crippen LogP contribution in [0.2, 0.25) is 0 Å². The smallest absolute Gasteiger partial charge is 0.254 e. The third-order valence-electron chi connectivity index (χ3n) is 5.31. The molecule has 0 atom stereocenters. The molecule has 7 heteroatoms. The van der Waals surface area contributed by atoms with Crippen molar-refractivity contribution in [2.45, 2.75) is 25.9 Å². The van der Waals surface area contributed by atoms with Crippen molar-refractivity contribution in [3.05, 3.63) is 48.5 Å². The van der Waals surface area contributed by atoms with E-state index in [1.165, 1.54) is 10.9 Å². The third-order valence-corrected chi connectivity index (χ3v) is 5.31. The Balaban J connectivity index is 1.33. The fourth-order valence-corrected chi connectivity index (χ4v) is 3.90. The van der Waals surface area contributed by atoms with Crippen molar-refractivity contribution in [1.29, 1.82) is 0 Å². The molecule has 0 amide bonds. The summed E-state index contributed by atoms with van der Waals surface area (Å²) in [7, 11) is 2.06. The zero-order valence-electron chi connectivity index (χ0n) is 15.5. The molecule has 0 N–H and O–H groups in total. The standard InChI is InChI=1S/C20H22N6O/c1-14-12-19(26-20(23-14)21-13-22-26)25-10-6-15(7-11-25)27-18-5-3-4-17-16(18)8-9-24(17)2/h3-5,8-9,12-13,15H,6-7,10-11H2,1-2H3. The topological polar surface area (TPSA) is 60.5 Å². The van der Waals surface area contributed by atoms with Gasteiger partial charge < -0.3 is 14.2 Å². The number of rotatable bonds is 3. The van der Waals surface area contributed by atoms with Gasteiger partial charge in [0.25, 0.3) is 5.78 Å². The summed E-state index contributed by atoms with van der Waals surface area (Å²) >= 11 is 0. The molecule has 0 unspecified atom stereocenters. The number of nitrogens with zero attached hydrogens (tertiary/aromatic N) is 6. The van der Waals surface area contributed by atoms with Crippen LogP contribution in [-0.4, -0.2) is 43.3 Å². The van der Waals surface area contributed by atoms with Gasteiger partial charge in [0.2, 0.25) is 0 Å². The van der Waals surface area contributed by atoms with E-state index in [0.29, 0.717) is 5.78 Å². The van der Waals surface area contributed by atoms with Gasteiger partial charge in [0.1, 0.15) is 24.0 Å². The van der Waals surface area contributed by atoms with E-state index in [9.17, 15) is 0 Å². The fourth-order valence-electron chi connectivity index (χ4n) is 3.90. The summed E-state index contributed by atoms with van der Waals surface area (Å²) in [5, 5.41) is 5.50. The molecule has 0 aliphatic carbocycles. The van der Waals surface area contributed by atoms with Gasteiger partial charge in [-0.05, 0) is 25.1 Å². The van der Waals surface area contributed by atoms with E-state index in [2.05, 4.69) is 68.1 Å². The molecule has 5 rings (SSSR count). The van der Waals surface area contributed by atoms with Crippen LogP contribution in [0.1, 0.15) is 18.5 Å². The van der Waals surface area contributed by atoms with E-state index in [-0.39, 0.29) is 6.10 Å². The minimum absolute atomic E-state index is 0.223. The zero-order chi connectivity index (χ0) is 18.4. The van der Waals surface area contributed by atoms with E-state index in [0.717, 1.165) is 43.2 Å². The summed E-state index contributed by atoms with van der Waals surface area (Å²) in [6.07, 6.45) is 5.81. The molecule has 0 radical (unpaired) electrons. The second-order valence-corrected chi connectivity index (χ2v) is 7.15. The van der Waals surface area contributed by atoms with E-state index in [1.54, 1.807) is 6.33 Å². The molecule has 7 nitrogen and oxygen atoms in total. The number of piperidine rings is 1. The first kappa shape index (κ1) is 16.1. The highest BCUT2D eigenvalue weighted by Crippen LogP contribution is 2.29. The summed E-state index contributed by atoms with van der Waals surface area (Å²) in [4.78, 5) is 11.0. The first-order valence-corrected chi connectivity index (χ1v) is 9.32. The first-order valence-electron chi connectivity index (χ1n) is 9.32. The van der Waals surface area contributed by atoms with Crippen LogP contribution in [0.4, 0.5) is 5.82 Å². The lowest BCUT2D eigenvalue weighted by Gasteiger charge is -2.33. The van der Waals surface area contributed by atoms with Crippen LogP contribution in [0.5, 0.6) is 5.75 Å². The highest BCUT2D eigenvalue weighted by Gasteiger charge is 2.23. The molecule has 1 aliphatic rings. The Morgan fingerprint density at radius 2 is 2.00 bits per heavy atom. The molecule has 1 fully saturated rings. The fraction of sp³-hybridized carbons (Fsp3) is 0.350. The summed E-state index contributed by atoms with van der Waals surface area (Å²) in [5.74, 6) is 2.68. The second kappa shape index (κ2) is 6.26. The molecule has 0 spiro atoms. The van der Waals surface area contributed by atoms with Crippen molar-refractivity contribution in [2.24, 2.45) is 7.05 Å². The molecular weight excluding hydrogens is 340 g/mol. The van der Waals surface area contributed by atoms with E-state index >= 15 is 0 Å². The summed E-state index contributed by atoms with van der Waals surface area (Å²) in [5.41, 5.74) is 2.16. The largest absolute Gasteiger partial charge is 0.490 e. The van der Waals surface area contributed by atoms with Gasteiger partial charge in [0, 0.05) is 56.3 Å². The molecule has 0 saturated carbocycles. The number of anilines is 1. The lowest BCUT2D eigenvalue weighted by Crippen LogP contribution is -2.39. The molecule has 1 aromatic carbocycles. The Bertz CT molecular complexity index is 1110. The lowest BCUT2D eigenvalue weighted by atomic mass is 10.1. The predicted octanol–water partition coefficient (Wildman–Crippen LogP) is 2.97. The van der Waals surface area contributed by atoms with Crippen LogP contribution in [0.3, 0.4) is 0 Å². The number of aryl methyl sites for hydroxylation is 2. The van der Waals surface area contributed by atoms with Gasteiger partial charge in [-0.1, -0.05) is 6.07 Å². The Labute approximate surface area is 157 Å². The van der Waals surface area contributed by atoms with Crippen LogP contribution < -0.4 is 9.64 Å². The van der Waals surface area contributed by atoms with Gasteiger partial charge >= 0.3 is 0 Å². The van der Waals surface area contributed by atoms with E-state index < -0.39 is 0 Å². The van der Waals surface area contributed by atoms with E-state index in [1.807, 2.05) is 11.4 Å². The van der Waals surface area contributed by atoms with Gasteiger partial charge in [-0.25, -0.2) is 4.98 Å². The molecule has 138 valence electrons. The molecule has 3 aromatic heterocycles. The summed E-state index contributed by atoms with van der Waals surface area (Å²) in [6.45, 7) is 3.84. The first-order chi connectivity index (χ1) is 13.2. The van der Waals surface area contributed by atoms with Gasteiger partial charge in [0.05, 0.1) is 5.52 Å². The number of fused-ring (bicyclic) bond motifs is 2. The molecule has 1 saturated heterocycles. The molecule has 27 heavy (non-hydrogen) atoms. The average molecular weight is 362 g/mol. The van der Waals surface area contributed by atoms with Gasteiger partial charge in [-0.2, -0.15) is 14.6 Å². The maximum absolute atomic E-state index is 6.38. The van der Waals surface area contributed by atoms with Gasteiger partial charge in [-0.3, -0.25) is 0 Å². The molecule has 0 bridgehead atoms. The monoisotopic (exact) mass is 362 g/mol. The predicted molar refractivity (Wildman–Crippen MR) is 104 cm³/mol. The minimum Gasteiger partial charge on any atom is -0.490 e. The summed E-state index contributed by atoms with van der Waals surface area (Å²) < 4.78 is 10.3. The summed E-state index contributed by atoms with van der Waals surface area (Å²) in [6, 6.07) is 10.5. The van der Waals surface area contributed by atoms with Crippen LogP contribution in [0.25, 0.3) is 16.7 Å². The quantitative estimate of drug-likeness (QED) is 0.561. The zero-order valence-corrected chi connectivity index (χ0v) is 15.5. The van der Waals surface area contributed by atoms with Crippen LogP contribution in [0, 0.1) is 6.92 Å².